The van der Waals surface area contributed by atoms with Gasteiger partial charge >= 0.3 is 0 Å². The second kappa shape index (κ2) is 7.25. The molecule has 0 radical (unpaired) electrons. The minimum absolute atomic E-state index is 0.703. The Morgan fingerprint density at radius 3 is 2.72 bits per heavy atom. The molecular formula is C18H16N4OS2. The lowest BCUT2D eigenvalue weighted by Crippen LogP contribution is -2.03. The topological polar surface area (TPSA) is 56.7 Å². The van der Waals surface area contributed by atoms with Gasteiger partial charge < -0.3 is 4.52 Å². The lowest BCUT2D eigenvalue weighted by Gasteiger charge is -2.09. The first kappa shape index (κ1) is 16.1. The Hall–Kier alpha value is -2.38. The van der Waals surface area contributed by atoms with Gasteiger partial charge in [-0.1, -0.05) is 53.3 Å². The summed E-state index contributed by atoms with van der Waals surface area (Å²) in [5.74, 6) is 2.42. The van der Waals surface area contributed by atoms with E-state index in [-0.39, 0.29) is 0 Å². The number of hydrogen-bond donors (Lipinski definition) is 0. The third-order valence-electron chi connectivity index (χ3n) is 3.67. The van der Waals surface area contributed by atoms with Crippen LogP contribution in [0.2, 0.25) is 0 Å². The standard InChI is InChI=1S/C18H16N4OS2/c1-13-10-15(21-23-13)12-25-18-20-19-17(16-8-5-9-24-16)22(18)11-14-6-3-2-4-7-14/h2-10H,11-12H2,1H3. The maximum Gasteiger partial charge on any atom is 0.192 e. The van der Waals surface area contributed by atoms with Crippen LogP contribution in [0.1, 0.15) is 17.0 Å². The Morgan fingerprint density at radius 1 is 1.12 bits per heavy atom. The number of aryl methyl sites for hydroxylation is 1. The van der Waals surface area contributed by atoms with Gasteiger partial charge in [-0.3, -0.25) is 4.57 Å². The van der Waals surface area contributed by atoms with Gasteiger partial charge in [0.05, 0.1) is 17.1 Å². The molecular weight excluding hydrogens is 352 g/mol. The number of rotatable bonds is 6. The fourth-order valence-corrected chi connectivity index (χ4v) is 4.05. The zero-order valence-corrected chi connectivity index (χ0v) is 15.3. The normalized spacial score (nSPS) is 11.1. The highest BCUT2D eigenvalue weighted by molar-refractivity contribution is 7.98. The van der Waals surface area contributed by atoms with E-state index in [1.165, 1.54) is 5.56 Å². The number of benzene rings is 1. The molecule has 0 unspecified atom stereocenters. The second-order valence-corrected chi connectivity index (χ2v) is 7.46. The van der Waals surface area contributed by atoms with Crippen LogP contribution in [0.5, 0.6) is 0 Å². The van der Waals surface area contributed by atoms with E-state index in [0.717, 1.165) is 33.9 Å². The minimum atomic E-state index is 0.703. The molecule has 1 aromatic carbocycles. The summed E-state index contributed by atoms with van der Waals surface area (Å²) < 4.78 is 7.30. The van der Waals surface area contributed by atoms with Crippen molar-refractivity contribution in [2.24, 2.45) is 0 Å². The fourth-order valence-electron chi connectivity index (χ4n) is 2.52. The molecule has 4 rings (SSSR count). The Morgan fingerprint density at radius 2 is 2.00 bits per heavy atom. The van der Waals surface area contributed by atoms with Crippen LogP contribution in [-0.4, -0.2) is 19.9 Å². The van der Waals surface area contributed by atoms with Crippen molar-refractivity contribution in [2.45, 2.75) is 24.4 Å². The third-order valence-corrected chi connectivity index (χ3v) is 5.53. The number of thioether (sulfide) groups is 1. The Bertz CT molecular complexity index is 945. The van der Waals surface area contributed by atoms with Crippen molar-refractivity contribution in [3.05, 3.63) is 70.9 Å². The van der Waals surface area contributed by atoms with Crippen LogP contribution in [0.15, 0.2) is 63.6 Å². The zero-order valence-electron chi connectivity index (χ0n) is 13.6. The molecule has 0 spiro atoms. The van der Waals surface area contributed by atoms with E-state index >= 15 is 0 Å². The lowest BCUT2D eigenvalue weighted by atomic mass is 10.2. The van der Waals surface area contributed by atoms with Gasteiger partial charge in [0, 0.05) is 11.8 Å². The summed E-state index contributed by atoms with van der Waals surface area (Å²) in [7, 11) is 0. The van der Waals surface area contributed by atoms with Crippen LogP contribution in [0.3, 0.4) is 0 Å². The fraction of sp³-hybridized carbons (Fsp3) is 0.167. The van der Waals surface area contributed by atoms with Crippen LogP contribution in [0.4, 0.5) is 0 Å². The molecule has 0 saturated heterocycles. The molecule has 4 aromatic rings. The van der Waals surface area contributed by atoms with Crippen molar-refractivity contribution in [2.75, 3.05) is 0 Å². The average Bonchev–Trinajstić information content (AvgIpc) is 3.35. The van der Waals surface area contributed by atoms with Crippen molar-refractivity contribution in [3.8, 4) is 10.7 Å². The van der Waals surface area contributed by atoms with Crippen molar-refractivity contribution < 1.29 is 4.52 Å². The molecule has 0 aliphatic heterocycles. The van der Waals surface area contributed by atoms with E-state index in [1.54, 1.807) is 23.1 Å². The summed E-state index contributed by atoms with van der Waals surface area (Å²) in [6, 6.07) is 16.4. The number of thiophene rings is 1. The summed E-state index contributed by atoms with van der Waals surface area (Å²) in [6.45, 7) is 2.63. The number of nitrogens with zero attached hydrogens (tertiary/aromatic N) is 4. The number of aromatic nitrogens is 4. The van der Waals surface area contributed by atoms with Crippen molar-refractivity contribution >= 4 is 23.1 Å². The molecule has 0 saturated carbocycles. The van der Waals surface area contributed by atoms with Gasteiger partial charge in [0.25, 0.3) is 0 Å². The monoisotopic (exact) mass is 368 g/mol. The lowest BCUT2D eigenvalue weighted by molar-refractivity contribution is 0.393. The largest absolute Gasteiger partial charge is 0.361 e. The quantitative estimate of drug-likeness (QED) is 0.464. The van der Waals surface area contributed by atoms with E-state index in [1.807, 2.05) is 25.1 Å². The third kappa shape index (κ3) is 3.67. The van der Waals surface area contributed by atoms with Crippen LogP contribution < -0.4 is 0 Å². The van der Waals surface area contributed by atoms with Crippen LogP contribution >= 0.6 is 23.1 Å². The highest BCUT2D eigenvalue weighted by Gasteiger charge is 2.16. The maximum absolute atomic E-state index is 5.14. The van der Waals surface area contributed by atoms with Crippen LogP contribution in [-0.2, 0) is 12.3 Å². The van der Waals surface area contributed by atoms with Crippen molar-refractivity contribution in [1.82, 2.24) is 19.9 Å². The van der Waals surface area contributed by atoms with E-state index in [2.05, 4.69) is 55.6 Å². The predicted molar refractivity (Wildman–Crippen MR) is 99.7 cm³/mol. The summed E-state index contributed by atoms with van der Waals surface area (Å²) in [5, 5.41) is 15.8. The van der Waals surface area contributed by atoms with Gasteiger partial charge in [-0.05, 0) is 23.9 Å². The van der Waals surface area contributed by atoms with E-state index < -0.39 is 0 Å². The smallest absolute Gasteiger partial charge is 0.192 e. The van der Waals surface area contributed by atoms with Crippen LogP contribution in [0, 0.1) is 6.92 Å². The summed E-state index contributed by atoms with van der Waals surface area (Å²) in [5.41, 5.74) is 2.13. The van der Waals surface area contributed by atoms with Gasteiger partial charge in [-0.25, -0.2) is 0 Å². The highest BCUT2D eigenvalue weighted by atomic mass is 32.2. The molecule has 0 aliphatic carbocycles. The molecule has 0 bridgehead atoms. The number of hydrogen-bond acceptors (Lipinski definition) is 6. The van der Waals surface area contributed by atoms with Crippen molar-refractivity contribution in [1.29, 1.82) is 0 Å². The van der Waals surface area contributed by atoms with Crippen LogP contribution in [0.25, 0.3) is 10.7 Å². The van der Waals surface area contributed by atoms with Gasteiger partial charge in [0.15, 0.2) is 11.0 Å². The Balaban J connectivity index is 1.63. The molecule has 0 amide bonds. The summed E-state index contributed by atoms with van der Waals surface area (Å²) in [6.07, 6.45) is 0. The van der Waals surface area contributed by atoms with Crippen molar-refractivity contribution in [3.63, 3.8) is 0 Å². The molecule has 126 valence electrons. The molecule has 0 atom stereocenters. The molecule has 0 N–H and O–H groups in total. The molecule has 3 heterocycles. The first-order valence-corrected chi connectivity index (χ1v) is 9.72. The van der Waals surface area contributed by atoms with E-state index in [0.29, 0.717) is 5.75 Å². The summed E-state index contributed by atoms with van der Waals surface area (Å²) >= 11 is 3.29. The molecule has 25 heavy (non-hydrogen) atoms. The van der Waals surface area contributed by atoms with Gasteiger partial charge in [0.1, 0.15) is 5.76 Å². The van der Waals surface area contributed by atoms with Gasteiger partial charge in [-0.15, -0.1) is 21.5 Å². The maximum atomic E-state index is 5.14. The average molecular weight is 368 g/mol. The Labute approximate surface area is 153 Å². The Kier molecular flexibility index (Phi) is 4.67. The summed E-state index contributed by atoms with van der Waals surface area (Å²) in [4.78, 5) is 1.12. The molecule has 3 aromatic heterocycles. The van der Waals surface area contributed by atoms with Gasteiger partial charge in [-0.2, -0.15) is 0 Å². The van der Waals surface area contributed by atoms with Gasteiger partial charge in [0.2, 0.25) is 0 Å². The SMILES string of the molecule is Cc1cc(CSc2nnc(-c3cccs3)n2Cc2ccccc2)no1. The first-order chi connectivity index (χ1) is 12.3. The highest BCUT2D eigenvalue weighted by Crippen LogP contribution is 2.29. The van der Waals surface area contributed by atoms with E-state index in [9.17, 15) is 0 Å². The molecule has 7 heteroatoms. The van der Waals surface area contributed by atoms with E-state index in [4.69, 9.17) is 4.52 Å². The minimum Gasteiger partial charge on any atom is -0.361 e. The molecule has 0 aliphatic rings. The first-order valence-electron chi connectivity index (χ1n) is 7.85. The zero-order chi connectivity index (χ0) is 17.1. The predicted octanol–water partition coefficient (Wildman–Crippen LogP) is 4.64. The second-order valence-electron chi connectivity index (χ2n) is 5.57. The molecule has 5 nitrogen and oxygen atoms in total. The molecule has 0 fully saturated rings.